The molecule has 4 aliphatic rings. The van der Waals surface area contributed by atoms with Gasteiger partial charge in [0.1, 0.15) is 17.7 Å². The number of amides is 2. The maximum Gasteiger partial charge on any atom is 0.425 e. The number of rotatable bonds is 10. The van der Waals surface area contributed by atoms with Crippen molar-refractivity contribution in [3.05, 3.63) is 42.4 Å². The number of halogens is 4. The second-order valence-corrected chi connectivity index (χ2v) is 19.0. The van der Waals surface area contributed by atoms with E-state index >= 15 is 0 Å². The van der Waals surface area contributed by atoms with Gasteiger partial charge in [0.25, 0.3) is 0 Å². The number of ether oxygens (including phenoxy) is 3. The lowest BCUT2D eigenvalue weighted by atomic mass is 9.79. The Labute approximate surface area is 335 Å². The SMILES string of the molecule is CC[C@@H]1C[C@H](C)CC/C=C\[C@@H]2C[C@@]2(C(=O)NS(=O)(=O)C2(C)CC2)CC(=O)[C@@H]2C[C@@H](Oc3ncc(OC)c4ccc(F)cc34)CN2C(=O)[C@H]1CC(=O)O[C@H](C)C(F)(F)F. The molecule has 58 heavy (non-hydrogen) atoms. The molecule has 318 valence electrons. The molecule has 0 unspecified atom stereocenters. The van der Waals surface area contributed by atoms with Crippen LogP contribution in [0.1, 0.15) is 91.9 Å². The number of esters is 1. The van der Waals surface area contributed by atoms with Gasteiger partial charge in [0.15, 0.2) is 11.9 Å². The summed E-state index contributed by atoms with van der Waals surface area (Å²) >= 11 is 0. The van der Waals surface area contributed by atoms with E-state index in [9.17, 15) is 45.2 Å². The van der Waals surface area contributed by atoms with Crippen molar-refractivity contribution in [1.29, 1.82) is 0 Å². The number of sulfonamides is 1. The quantitative estimate of drug-likeness (QED) is 0.157. The molecule has 3 heterocycles. The van der Waals surface area contributed by atoms with Gasteiger partial charge >= 0.3 is 12.1 Å². The number of hydrogen-bond donors (Lipinski definition) is 1. The summed E-state index contributed by atoms with van der Waals surface area (Å²) in [6, 6.07) is 2.71. The second-order valence-electron chi connectivity index (χ2n) is 16.8. The van der Waals surface area contributed by atoms with Gasteiger partial charge in [-0.3, -0.25) is 23.9 Å². The number of hydrogen-bond acceptors (Lipinski definition) is 10. The number of alkyl halides is 3. The molecule has 2 aliphatic carbocycles. The first kappa shape index (κ1) is 43.3. The number of nitrogens with one attached hydrogen (secondary N) is 1. The van der Waals surface area contributed by atoms with Crippen LogP contribution in [-0.4, -0.2) is 84.7 Å². The fraction of sp³-hybridized carbons (Fsp3) is 0.634. The predicted octanol–water partition coefficient (Wildman–Crippen LogP) is 6.60. The zero-order chi connectivity index (χ0) is 42.4. The summed E-state index contributed by atoms with van der Waals surface area (Å²) in [4.78, 5) is 62.2. The zero-order valence-electron chi connectivity index (χ0n) is 33.3. The lowest BCUT2D eigenvalue weighted by Crippen LogP contribution is -2.48. The van der Waals surface area contributed by atoms with E-state index in [0.717, 1.165) is 0 Å². The maximum atomic E-state index is 14.9. The van der Waals surface area contributed by atoms with Crippen molar-refractivity contribution in [3.63, 3.8) is 0 Å². The summed E-state index contributed by atoms with van der Waals surface area (Å²) in [6.45, 7) is 5.82. The molecule has 0 radical (unpaired) electrons. The first-order valence-corrected chi connectivity index (χ1v) is 21.3. The standard InChI is InChI=1S/C41H51F4N3O9S/c1-6-25-15-23(2)9-7-8-10-26-19-40(26,38(52)47-58(53,54)39(4)13-14-39)20-33(49)32-17-28(57-36-31-16-27(42)11-12-29(31)34(55-5)21-46-36)22-48(32)37(51)30(25)18-35(50)56-24(3)41(43,44)45/h8,10-12,16,21,23-26,28,30,32H,6-7,9,13-15,17-20,22H2,1-5H3,(H,47,52)/b10-8-/t23-,24-,25-,26-,28-,30+,32+,40-/m1/s1. The number of carbonyl (C=O) groups is 4. The molecule has 1 N–H and O–H groups in total. The number of fused-ring (bicyclic) bond motifs is 3. The van der Waals surface area contributed by atoms with Gasteiger partial charge in [-0.1, -0.05) is 32.4 Å². The zero-order valence-corrected chi connectivity index (χ0v) is 34.1. The van der Waals surface area contributed by atoms with Crippen LogP contribution >= 0.6 is 0 Å². The molecular weight excluding hydrogens is 787 g/mol. The van der Waals surface area contributed by atoms with Crippen LogP contribution in [0.4, 0.5) is 17.6 Å². The van der Waals surface area contributed by atoms with Crippen LogP contribution in [-0.2, 0) is 33.9 Å². The van der Waals surface area contributed by atoms with Crippen LogP contribution in [0.25, 0.3) is 10.8 Å². The predicted molar refractivity (Wildman–Crippen MR) is 203 cm³/mol. The molecule has 1 saturated heterocycles. The van der Waals surface area contributed by atoms with Gasteiger partial charge in [0.2, 0.25) is 27.7 Å². The monoisotopic (exact) mass is 837 g/mol. The van der Waals surface area contributed by atoms with Crippen LogP contribution in [0.15, 0.2) is 36.5 Å². The Kier molecular flexibility index (Phi) is 12.2. The number of ketones is 1. The van der Waals surface area contributed by atoms with Crippen molar-refractivity contribution in [3.8, 4) is 11.6 Å². The summed E-state index contributed by atoms with van der Waals surface area (Å²) in [6.07, 6.45) is -1.24. The van der Waals surface area contributed by atoms with Gasteiger partial charge in [-0.2, -0.15) is 13.2 Å². The highest BCUT2D eigenvalue weighted by Gasteiger charge is 2.63. The van der Waals surface area contributed by atoms with Gasteiger partial charge in [-0.05, 0) is 88.3 Å². The molecule has 0 bridgehead atoms. The van der Waals surface area contributed by atoms with Crippen molar-refractivity contribution in [2.75, 3.05) is 13.7 Å². The van der Waals surface area contributed by atoms with E-state index in [0.29, 0.717) is 56.6 Å². The van der Waals surface area contributed by atoms with Gasteiger partial charge in [0, 0.05) is 18.2 Å². The summed E-state index contributed by atoms with van der Waals surface area (Å²) < 4.78 is 98.9. The van der Waals surface area contributed by atoms with Crippen LogP contribution < -0.4 is 14.2 Å². The topological polar surface area (TPSA) is 158 Å². The minimum absolute atomic E-state index is 0.00116. The number of aromatic nitrogens is 1. The van der Waals surface area contributed by atoms with E-state index in [2.05, 4.69) is 9.71 Å². The van der Waals surface area contributed by atoms with Gasteiger partial charge in [-0.25, -0.2) is 17.8 Å². The van der Waals surface area contributed by atoms with Crippen molar-refractivity contribution < 1.29 is 59.4 Å². The molecule has 2 aromatic rings. The molecule has 17 heteroatoms. The van der Waals surface area contributed by atoms with Crippen LogP contribution in [0, 0.1) is 34.9 Å². The van der Waals surface area contributed by atoms with Crippen molar-refractivity contribution in [2.45, 2.75) is 121 Å². The highest BCUT2D eigenvalue weighted by molar-refractivity contribution is 7.91. The van der Waals surface area contributed by atoms with Crippen molar-refractivity contribution in [1.82, 2.24) is 14.6 Å². The number of allylic oxidation sites excluding steroid dienone is 2. The molecule has 2 saturated carbocycles. The number of methoxy groups -OCH3 is 1. The van der Waals surface area contributed by atoms with Crippen molar-refractivity contribution in [2.24, 2.45) is 29.1 Å². The van der Waals surface area contributed by atoms with Gasteiger partial charge in [-0.15, -0.1) is 0 Å². The van der Waals surface area contributed by atoms with E-state index < -0.39 is 105 Å². The van der Waals surface area contributed by atoms with Crippen LogP contribution in [0.2, 0.25) is 0 Å². The first-order valence-electron chi connectivity index (χ1n) is 19.8. The Bertz CT molecular complexity index is 2070. The average molecular weight is 838 g/mol. The number of benzene rings is 1. The average Bonchev–Trinajstić information content (AvgIpc) is 4.04. The van der Waals surface area contributed by atoms with Gasteiger partial charge < -0.3 is 19.1 Å². The molecule has 2 aliphatic heterocycles. The lowest BCUT2D eigenvalue weighted by molar-refractivity contribution is -0.216. The minimum atomic E-state index is -4.83. The molecule has 2 amide bonds. The number of nitrogens with zero attached hydrogens (tertiary/aromatic N) is 2. The van der Waals surface area contributed by atoms with E-state index in [4.69, 9.17) is 14.2 Å². The molecule has 1 aromatic carbocycles. The molecule has 8 atom stereocenters. The van der Waals surface area contributed by atoms with Crippen molar-refractivity contribution >= 4 is 44.4 Å². The third-order valence-corrected chi connectivity index (χ3v) is 14.7. The lowest BCUT2D eigenvalue weighted by Gasteiger charge is -2.33. The third kappa shape index (κ3) is 8.98. The number of pyridine rings is 1. The summed E-state index contributed by atoms with van der Waals surface area (Å²) in [5.41, 5.74) is -1.42. The summed E-state index contributed by atoms with van der Waals surface area (Å²) in [7, 11) is -2.63. The van der Waals surface area contributed by atoms with E-state index in [-0.39, 0.29) is 36.6 Å². The third-order valence-electron chi connectivity index (χ3n) is 12.6. The fourth-order valence-corrected chi connectivity index (χ4v) is 9.75. The second kappa shape index (κ2) is 16.4. The van der Waals surface area contributed by atoms with Crippen LogP contribution in [0.5, 0.6) is 11.6 Å². The molecule has 1 aromatic heterocycles. The Morgan fingerprint density at radius 1 is 1.14 bits per heavy atom. The first-order chi connectivity index (χ1) is 27.2. The highest BCUT2D eigenvalue weighted by Crippen LogP contribution is 2.58. The molecule has 0 spiro atoms. The smallest absolute Gasteiger partial charge is 0.425 e. The van der Waals surface area contributed by atoms with Crippen LogP contribution in [0.3, 0.4) is 0 Å². The van der Waals surface area contributed by atoms with E-state index in [1.807, 2.05) is 26.0 Å². The Hall–Kier alpha value is -4.28. The van der Waals surface area contributed by atoms with Gasteiger partial charge in [0.05, 0.1) is 53.8 Å². The highest BCUT2D eigenvalue weighted by atomic mass is 32.2. The minimum Gasteiger partial charge on any atom is -0.494 e. The molecule has 3 fully saturated rings. The fourth-order valence-electron chi connectivity index (χ4n) is 8.41. The largest absolute Gasteiger partial charge is 0.494 e. The summed E-state index contributed by atoms with van der Waals surface area (Å²) in [5.74, 6) is -5.61. The Morgan fingerprint density at radius 2 is 1.86 bits per heavy atom. The molecule has 6 rings (SSSR count). The normalized spacial score (nSPS) is 29.9. The Balaban J connectivity index is 1.37. The van der Waals surface area contributed by atoms with E-state index in [1.165, 1.54) is 36.4 Å². The van der Waals surface area contributed by atoms with E-state index in [1.54, 1.807) is 6.92 Å². The maximum absolute atomic E-state index is 14.9. The molecule has 12 nitrogen and oxygen atoms in total. The Morgan fingerprint density at radius 3 is 2.52 bits per heavy atom. The molecular formula is C41H51F4N3O9S. The number of Topliss-reactive ketones (excluding diaryl/α,β-unsaturated/α-hetero) is 1. The number of carbonyl (C=O) groups excluding carboxylic acids is 4. The summed E-state index contributed by atoms with van der Waals surface area (Å²) in [5, 5.41) is 0.742.